The van der Waals surface area contributed by atoms with Crippen LogP contribution in [-0.4, -0.2) is 23.9 Å². The van der Waals surface area contributed by atoms with E-state index < -0.39 is 15.7 Å². The first-order valence-electron chi connectivity index (χ1n) is 8.57. The van der Waals surface area contributed by atoms with Crippen molar-refractivity contribution in [1.29, 1.82) is 0 Å². The number of nitrogens with zero attached hydrogens (tertiary/aromatic N) is 1. The molecule has 0 aliphatic heterocycles. The van der Waals surface area contributed by atoms with E-state index in [9.17, 15) is 13.2 Å². The quantitative estimate of drug-likeness (QED) is 0.605. The average Bonchev–Trinajstić information content (AvgIpc) is 3.02. The lowest BCUT2D eigenvalue weighted by Gasteiger charge is -2.23. The third-order valence-electron chi connectivity index (χ3n) is 3.86. The van der Waals surface area contributed by atoms with Gasteiger partial charge in [0.2, 0.25) is 5.91 Å². The molecule has 0 saturated carbocycles. The fraction of sp³-hybridized carbons (Fsp3) is 0.444. The van der Waals surface area contributed by atoms with Crippen LogP contribution in [0.2, 0.25) is 0 Å². The number of aryl methyl sites for hydroxylation is 1. The van der Waals surface area contributed by atoms with E-state index in [1.807, 2.05) is 37.8 Å². The Hall–Kier alpha value is -1.97. The van der Waals surface area contributed by atoms with Crippen molar-refractivity contribution < 1.29 is 17.8 Å². The van der Waals surface area contributed by atoms with Crippen molar-refractivity contribution >= 4 is 33.2 Å². The van der Waals surface area contributed by atoms with Crippen LogP contribution >= 0.6 is 11.3 Å². The van der Waals surface area contributed by atoms with E-state index in [1.54, 1.807) is 24.3 Å². The molecule has 0 aliphatic rings. The summed E-state index contributed by atoms with van der Waals surface area (Å²) in [5.74, 6) is -0.0644. The Labute approximate surface area is 164 Å². The number of rotatable bonds is 7. The molecule has 0 unspecified atom stereocenters. The number of aromatic nitrogens is 1. The predicted molar refractivity (Wildman–Crippen MR) is 107 cm³/mol. The van der Waals surface area contributed by atoms with Crippen LogP contribution in [0, 0.1) is 5.41 Å². The van der Waals surface area contributed by atoms with Gasteiger partial charge in [-0.15, -0.1) is 11.3 Å². The molecule has 1 aromatic heterocycles. The Morgan fingerprint density at radius 3 is 2.37 bits per heavy atom. The molecular formula is C18H25N3O4S2. The van der Waals surface area contributed by atoms with Gasteiger partial charge in [-0.2, -0.15) is 8.42 Å². The fourth-order valence-electron chi connectivity index (χ4n) is 2.31. The second-order valence-electron chi connectivity index (χ2n) is 7.28. The number of nitrogens with one attached hydrogen (secondary N) is 2. The molecule has 0 spiro atoms. The van der Waals surface area contributed by atoms with Crippen LogP contribution in [0.5, 0.6) is 0 Å². The van der Waals surface area contributed by atoms with Crippen molar-refractivity contribution in [3.63, 3.8) is 0 Å². The Balaban J connectivity index is 2.21. The van der Waals surface area contributed by atoms with E-state index in [1.165, 1.54) is 11.3 Å². The van der Waals surface area contributed by atoms with Crippen LogP contribution in [0.1, 0.15) is 50.0 Å². The molecule has 0 bridgehead atoms. The number of carbonyl (C=O) groups excluding carboxylic acids is 1. The molecule has 148 valence electrons. The molecule has 2 aromatic rings. The molecule has 0 fully saturated rings. The zero-order valence-corrected chi connectivity index (χ0v) is 17.4. The second kappa shape index (κ2) is 8.37. The molecule has 1 heterocycles. The van der Waals surface area contributed by atoms with Crippen molar-refractivity contribution in [2.24, 2.45) is 5.41 Å². The van der Waals surface area contributed by atoms with Gasteiger partial charge in [0, 0.05) is 10.8 Å². The number of anilines is 1. The number of hydrogen-bond donors (Lipinski definition) is 3. The Kier molecular flexibility index (Phi) is 6.61. The van der Waals surface area contributed by atoms with E-state index >= 15 is 0 Å². The highest BCUT2D eigenvalue weighted by Gasteiger charge is 2.26. The topological polar surface area (TPSA) is 108 Å². The van der Waals surface area contributed by atoms with Crippen molar-refractivity contribution in [3.8, 4) is 0 Å². The Morgan fingerprint density at radius 1 is 1.26 bits per heavy atom. The molecule has 27 heavy (non-hydrogen) atoms. The lowest BCUT2D eigenvalue weighted by molar-refractivity contribution is -0.129. The standard InChI is InChI=1S/C18H25N3O4S2/c1-5-13-11-26-16(19-13)15(20-17(22)18(2,3)4)10-12-6-8-14(9-7-12)21-27(23,24)25/h6-9,11,15,21H,5,10H2,1-4H3,(H,20,22)(H,23,24,25)/t15-/m0/s1. The van der Waals surface area contributed by atoms with Gasteiger partial charge in [0.1, 0.15) is 5.01 Å². The van der Waals surface area contributed by atoms with Crippen molar-refractivity contribution in [3.05, 3.63) is 45.9 Å². The zero-order valence-electron chi connectivity index (χ0n) is 15.8. The highest BCUT2D eigenvalue weighted by atomic mass is 32.2. The van der Waals surface area contributed by atoms with E-state index in [0.717, 1.165) is 22.7 Å². The summed E-state index contributed by atoms with van der Waals surface area (Å²) in [5.41, 5.74) is 1.63. The zero-order chi connectivity index (χ0) is 20.2. The van der Waals surface area contributed by atoms with Gasteiger partial charge in [-0.25, -0.2) is 4.98 Å². The summed E-state index contributed by atoms with van der Waals surface area (Å²) in [6, 6.07) is 6.34. The summed E-state index contributed by atoms with van der Waals surface area (Å²) < 4.78 is 32.6. The van der Waals surface area contributed by atoms with E-state index in [0.29, 0.717) is 6.42 Å². The number of hydrogen-bond acceptors (Lipinski definition) is 5. The molecule has 2 rings (SSSR count). The van der Waals surface area contributed by atoms with Crippen LogP contribution in [0.25, 0.3) is 0 Å². The van der Waals surface area contributed by atoms with E-state index in [4.69, 9.17) is 4.55 Å². The minimum absolute atomic E-state index is 0.0644. The molecule has 0 saturated heterocycles. The minimum Gasteiger partial charge on any atom is -0.346 e. The van der Waals surface area contributed by atoms with Crippen molar-refractivity contribution in [1.82, 2.24) is 10.3 Å². The molecule has 0 aliphatic carbocycles. The number of carbonyl (C=O) groups is 1. The highest BCUT2D eigenvalue weighted by molar-refractivity contribution is 7.87. The summed E-state index contributed by atoms with van der Waals surface area (Å²) in [6.07, 6.45) is 1.34. The minimum atomic E-state index is -4.30. The van der Waals surface area contributed by atoms with Gasteiger partial charge in [-0.3, -0.25) is 14.1 Å². The first kappa shape index (κ1) is 21.3. The molecule has 1 aromatic carbocycles. The largest absolute Gasteiger partial charge is 0.357 e. The highest BCUT2D eigenvalue weighted by Crippen LogP contribution is 2.25. The SMILES string of the molecule is CCc1csc([C@H](Cc2ccc(NS(=O)(=O)O)cc2)NC(=O)C(C)(C)C)n1. The molecule has 1 amide bonds. The summed E-state index contributed by atoms with van der Waals surface area (Å²) in [5, 5.41) is 5.90. The normalized spacial score (nSPS) is 13.2. The van der Waals surface area contributed by atoms with Gasteiger partial charge in [0.15, 0.2) is 0 Å². The molecule has 0 radical (unpaired) electrons. The Bertz CT molecular complexity index is 884. The molecule has 1 atom stereocenters. The lowest BCUT2D eigenvalue weighted by atomic mass is 9.94. The Morgan fingerprint density at radius 2 is 1.89 bits per heavy atom. The lowest BCUT2D eigenvalue weighted by Crippen LogP contribution is -2.38. The van der Waals surface area contributed by atoms with Crippen molar-refractivity contribution in [2.75, 3.05) is 4.72 Å². The number of thiazole rings is 1. The summed E-state index contributed by atoms with van der Waals surface area (Å²) in [6.45, 7) is 7.60. The molecule has 3 N–H and O–H groups in total. The first-order chi connectivity index (χ1) is 12.5. The molecule has 9 heteroatoms. The van der Waals surface area contributed by atoms with Crippen LogP contribution < -0.4 is 10.0 Å². The van der Waals surface area contributed by atoms with Gasteiger partial charge in [-0.1, -0.05) is 39.8 Å². The van der Waals surface area contributed by atoms with E-state index in [2.05, 4.69) is 10.3 Å². The summed E-state index contributed by atoms with van der Waals surface area (Å²) in [7, 11) is -4.30. The number of benzene rings is 1. The van der Waals surface area contributed by atoms with Gasteiger partial charge in [0.05, 0.1) is 17.4 Å². The maximum absolute atomic E-state index is 12.5. The van der Waals surface area contributed by atoms with Crippen molar-refractivity contribution in [2.45, 2.75) is 46.6 Å². The van der Waals surface area contributed by atoms with Gasteiger partial charge in [0.25, 0.3) is 0 Å². The van der Waals surface area contributed by atoms with Crippen LogP contribution in [0.15, 0.2) is 29.6 Å². The summed E-state index contributed by atoms with van der Waals surface area (Å²) >= 11 is 1.51. The predicted octanol–water partition coefficient (Wildman–Crippen LogP) is 3.37. The van der Waals surface area contributed by atoms with Crippen LogP contribution in [-0.2, 0) is 27.9 Å². The van der Waals surface area contributed by atoms with Crippen LogP contribution in [0.3, 0.4) is 0 Å². The summed E-state index contributed by atoms with van der Waals surface area (Å²) in [4.78, 5) is 17.1. The second-order valence-corrected chi connectivity index (χ2v) is 9.33. The first-order valence-corrected chi connectivity index (χ1v) is 10.9. The number of amides is 1. The van der Waals surface area contributed by atoms with Gasteiger partial charge < -0.3 is 5.32 Å². The van der Waals surface area contributed by atoms with Gasteiger partial charge >= 0.3 is 10.3 Å². The molecular weight excluding hydrogens is 386 g/mol. The maximum Gasteiger partial charge on any atom is 0.357 e. The average molecular weight is 412 g/mol. The monoisotopic (exact) mass is 411 g/mol. The smallest absolute Gasteiger partial charge is 0.346 e. The molecule has 7 nitrogen and oxygen atoms in total. The van der Waals surface area contributed by atoms with Crippen LogP contribution in [0.4, 0.5) is 5.69 Å². The third kappa shape index (κ3) is 6.60. The van der Waals surface area contributed by atoms with Gasteiger partial charge in [-0.05, 0) is 30.5 Å². The third-order valence-corrected chi connectivity index (χ3v) is 5.36. The van der Waals surface area contributed by atoms with E-state index in [-0.39, 0.29) is 17.6 Å². The fourth-order valence-corrected chi connectivity index (χ4v) is 3.70. The maximum atomic E-state index is 12.5.